The minimum absolute atomic E-state index is 0.115. The Morgan fingerprint density at radius 1 is 1.06 bits per heavy atom. The van der Waals surface area contributed by atoms with E-state index in [1.54, 1.807) is 12.3 Å². The van der Waals surface area contributed by atoms with E-state index < -0.39 is 0 Å². The molecule has 0 aliphatic carbocycles. The second-order valence-corrected chi connectivity index (χ2v) is 8.74. The highest BCUT2D eigenvalue weighted by Gasteiger charge is 2.33. The zero-order valence-electron chi connectivity index (χ0n) is 19.8. The fourth-order valence-corrected chi connectivity index (χ4v) is 4.34. The molecule has 1 saturated heterocycles. The van der Waals surface area contributed by atoms with Gasteiger partial charge >= 0.3 is 0 Å². The van der Waals surface area contributed by atoms with Gasteiger partial charge in [0.05, 0.1) is 12.2 Å². The second kappa shape index (κ2) is 11.6. The van der Waals surface area contributed by atoms with Gasteiger partial charge < -0.3 is 4.90 Å². The van der Waals surface area contributed by atoms with Gasteiger partial charge in [0, 0.05) is 38.9 Å². The summed E-state index contributed by atoms with van der Waals surface area (Å²) in [6.07, 6.45) is 3.56. The van der Waals surface area contributed by atoms with Crippen LogP contribution in [0.1, 0.15) is 11.3 Å². The Morgan fingerprint density at radius 2 is 1.79 bits per heavy atom. The summed E-state index contributed by atoms with van der Waals surface area (Å²) in [5.74, 6) is 0.115. The number of carbonyl (C=O) groups is 1. The third-order valence-corrected chi connectivity index (χ3v) is 6.33. The standard InChI is InChI=1S/C29H32N4O/c1-3-4-18-33(22-27-12-8-9-17-30-27)29(34)28-23-32(20-19-31(28)2)21-24-13-15-26(16-14-24)25-10-6-5-7-11-25/h4-17,28H,1,18-23H2,2H3. The maximum absolute atomic E-state index is 13.6. The molecule has 2 aromatic carbocycles. The number of amides is 1. The highest BCUT2D eigenvalue weighted by molar-refractivity contribution is 5.82. The van der Waals surface area contributed by atoms with Gasteiger partial charge in [-0.1, -0.05) is 67.2 Å². The van der Waals surface area contributed by atoms with Crippen molar-refractivity contribution in [2.24, 2.45) is 0 Å². The van der Waals surface area contributed by atoms with E-state index in [0.29, 0.717) is 19.6 Å². The van der Waals surface area contributed by atoms with Gasteiger partial charge in [-0.3, -0.25) is 19.6 Å². The lowest BCUT2D eigenvalue weighted by molar-refractivity contribution is -0.139. The Balaban J connectivity index is 1.43. The molecule has 0 spiro atoms. The molecule has 5 nitrogen and oxygen atoms in total. The SMILES string of the molecule is C=C=CCN(Cc1ccccn1)C(=O)C1CN(Cc2ccc(-c3ccccc3)cc2)CCN1C. The average molecular weight is 453 g/mol. The maximum Gasteiger partial charge on any atom is 0.241 e. The Morgan fingerprint density at radius 3 is 2.50 bits per heavy atom. The topological polar surface area (TPSA) is 39.7 Å². The van der Waals surface area contributed by atoms with Gasteiger partial charge in [-0.15, -0.1) is 5.73 Å². The molecule has 1 aromatic heterocycles. The molecule has 34 heavy (non-hydrogen) atoms. The number of piperazine rings is 1. The number of rotatable bonds is 8. The first-order valence-electron chi connectivity index (χ1n) is 11.7. The van der Waals surface area contributed by atoms with Gasteiger partial charge in [-0.05, 0) is 41.9 Å². The fraction of sp³-hybridized carbons (Fsp3) is 0.276. The van der Waals surface area contributed by atoms with Gasteiger partial charge in [-0.2, -0.15) is 0 Å². The van der Waals surface area contributed by atoms with Crippen LogP contribution >= 0.6 is 0 Å². The molecule has 0 bridgehead atoms. The summed E-state index contributed by atoms with van der Waals surface area (Å²) in [6, 6.07) is 24.8. The second-order valence-electron chi connectivity index (χ2n) is 8.74. The van der Waals surface area contributed by atoms with E-state index in [1.165, 1.54) is 16.7 Å². The van der Waals surface area contributed by atoms with E-state index in [1.807, 2.05) is 36.2 Å². The summed E-state index contributed by atoms with van der Waals surface area (Å²) in [7, 11) is 2.04. The number of hydrogen-bond acceptors (Lipinski definition) is 4. The van der Waals surface area contributed by atoms with Crippen LogP contribution in [0, 0.1) is 0 Å². The van der Waals surface area contributed by atoms with Crippen molar-refractivity contribution in [3.63, 3.8) is 0 Å². The Labute approximate surface area is 202 Å². The summed E-state index contributed by atoms with van der Waals surface area (Å²) in [5.41, 5.74) is 7.38. The third-order valence-electron chi connectivity index (χ3n) is 6.33. The lowest BCUT2D eigenvalue weighted by Gasteiger charge is -2.40. The minimum atomic E-state index is -0.195. The van der Waals surface area contributed by atoms with Crippen molar-refractivity contribution in [1.29, 1.82) is 0 Å². The van der Waals surface area contributed by atoms with Crippen LogP contribution in [0.4, 0.5) is 0 Å². The van der Waals surface area contributed by atoms with Crippen molar-refractivity contribution >= 4 is 5.91 Å². The zero-order valence-corrected chi connectivity index (χ0v) is 19.8. The first-order valence-corrected chi connectivity index (χ1v) is 11.7. The lowest BCUT2D eigenvalue weighted by atomic mass is 10.0. The highest BCUT2D eigenvalue weighted by atomic mass is 16.2. The molecule has 0 radical (unpaired) electrons. The smallest absolute Gasteiger partial charge is 0.241 e. The molecule has 5 heteroatoms. The first kappa shape index (κ1) is 23.7. The predicted octanol–water partition coefficient (Wildman–Crippen LogP) is 4.23. The van der Waals surface area contributed by atoms with Gasteiger partial charge in [0.15, 0.2) is 0 Å². The van der Waals surface area contributed by atoms with Crippen molar-refractivity contribution < 1.29 is 4.79 Å². The molecule has 1 atom stereocenters. The number of hydrogen-bond donors (Lipinski definition) is 0. The summed E-state index contributed by atoms with van der Waals surface area (Å²) in [6.45, 7) is 7.94. The molecular weight excluding hydrogens is 420 g/mol. The van der Waals surface area contributed by atoms with Gasteiger partial charge in [0.2, 0.25) is 5.91 Å². The van der Waals surface area contributed by atoms with Crippen LogP contribution in [-0.2, 0) is 17.9 Å². The molecule has 1 amide bonds. The van der Waals surface area contributed by atoms with Crippen LogP contribution in [0.3, 0.4) is 0 Å². The highest BCUT2D eigenvalue weighted by Crippen LogP contribution is 2.21. The summed E-state index contributed by atoms with van der Waals surface area (Å²) < 4.78 is 0. The number of benzene rings is 2. The van der Waals surface area contributed by atoms with Gasteiger partial charge in [0.25, 0.3) is 0 Å². The maximum atomic E-state index is 13.6. The van der Waals surface area contributed by atoms with Crippen molar-refractivity contribution in [2.75, 3.05) is 33.2 Å². The van der Waals surface area contributed by atoms with E-state index in [-0.39, 0.29) is 11.9 Å². The van der Waals surface area contributed by atoms with Crippen molar-refractivity contribution in [1.82, 2.24) is 19.7 Å². The summed E-state index contributed by atoms with van der Waals surface area (Å²) >= 11 is 0. The van der Waals surface area contributed by atoms with Crippen LogP contribution in [0.15, 0.2) is 97.4 Å². The number of likely N-dealkylation sites (N-methyl/N-ethyl adjacent to an activating group) is 1. The van der Waals surface area contributed by atoms with Gasteiger partial charge in [-0.25, -0.2) is 0 Å². The quantitative estimate of drug-likeness (QED) is 0.480. The molecule has 2 heterocycles. The molecule has 1 aliphatic heterocycles. The van der Waals surface area contributed by atoms with Crippen molar-refractivity contribution in [2.45, 2.75) is 19.1 Å². The molecule has 0 N–H and O–H groups in total. The zero-order chi connectivity index (χ0) is 23.8. The molecular formula is C29H32N4O. The average Bonchev–Trinajstić information content (AvgIpc) is 2.89. The molecule has 174 valence electrons. The van der Waals surface area contributed by atoms with E-state index in [9.17, 15) is 4.79 Å². The Bertz CT molecular complexity index is 1110. The monoisotopic (exact) mass is 452 g/mol. The van der Waals surface area contributed by atoms with E-state index in [2.05, 4.69) is 75.6 Å². The number of aromatic nitrogens is 1. The molecule has 3 aromatic rings. The van der Waals surface area contributed by atoms with Gasteiger partial charge in [0.1, 0.15) is 6.04 Å². The van der Waals surface area contributed by atoms with Crippen LogP contribution < -0.4 is 0 Å². The molecule has 1 aliphatic rings. The normalized spacial score (nSPS) is 16.6. The van der Waals surface area contributed by atoms with Crippen molar-refractivity contribution in [3.8, 4) is 11.1 Å². The molecule has 1 fully saturated rings. The van der Waals surface area contributed by atoms with E-state index in [0.717, 1.165) is 25.3 Å². The van der Waals surface area contributed by atoms with E-state index in [4.69, 9.17) is 0 Å². The Kier molecular flexibility index (Phi) is 8.05. The molecule has 0 saturated carbocycles. The molecule has 1 unspecified atom stereocenters. The fourth-order valence-electron chi connectivity index (χ4n) is 4.34. The summed E-state index contributed by atoms with van der Waals surface area (Å²) in [4.78, 5) is 24.4. The Hall–Kier alpha value is -3.50. The minimum Gasteiger partial charge on any atom is -0.331 e. The first-order chi connectivity index (χ1) is 16.6. The largest absolute Gasteiger partial charge is 0.331 e. The van der Waals surface area contributed by atoms with Crippen LogP contribution in [0.25, 0.3) is 11.1 Å². The number of nitrogens with zero attached hydrogens (tertiary/aromatic N) is 4. The summed E-state index contributed by atoms with van der Waals surface area (Å²) in [5, 5.41) is 0. The van der Waals surface area contributed by atoms with Crippen LogP contribution in [-0.4, -0.2) is 64.9 Å². The van der Waals surface area contributed by atoms with Crippen LogP contribution in [0.2, 0.25) is 0 Å². The number of carbonyl (C=O) groups excluding carboxylic acids is 1. The van der Waals surface area contributed by atoms with E-state index >= 15 is 0 Å². The van der Waals surface area contributed by atoms with Crippen molar-refractivity contribution in [3.05, 3.63) is 109 Å². The van der Waals surface area contributed by atoms with Crippen LogP contribution in [0.5, 0.6) is 0 Å². The predicted molar refractivity (Wildman–Crippen MR) is 137 cm³/mol. The number of pyridine rings is 1. The third kappa shape index (κ3) is 6.09. The molecule has 4 rings (SSSR count). The lowest BCUT2D eigenvalue weighted by Crippen LogP contribution is -2.57.